The molecule has 0 aromatic heterocycles. The molecule has 1 aliphatic carbocycles. The van der Waals surface area contributed by atoms with Crippen LogP contribution < -0.4 is 0 Å². The summed E-state index contributed by atoms with van der Waals surface area (Å²) in [7, 11) is 0. The van der Waals surface area contributed by atoms with Crippen LogP contribution in [0.1, 0.15) is 46.0 Å². The smallest absolute Gasteiger partial charge is 0.0244 e. The lowest BCUT2D eigenvalue weighted by molar-refractivity contribution is 0.543. The third-order valence-corrected chi connectivity index (χ3v) is 2.55. The van der Waals surface area contributed by atoms with E-state index in [9.17, 15) is 0 Å². The third-order valence-electron chi connectivity index (χ3n) is 2.55. The van der Waals surface area contributed by atoms with Crippen LogP contribution >= 0.6 is 0 Å². The summed E-state index contributed by atoms with van der Waals surface area (Å²) in [6.07, 6.45) is 7.18. The summed E-state index contributed by atoms with van der Waals surface area (Å²) < 4.78 is 0. The van der Waals surface area contributed by atoms with Crippen molar-refractivity contribution in [3.8, 4) is 0 Å². The first-order valence-electron chi connectivity index (χ1n) is 4.13. The zero-order valence-corrected chi connectivity index (χ0v) is 6.61. The van der Waals surface area contributed by atoms with Gasteiger partial charge in [0.1, 0.15) is 0 Å². The Bertz CT molecular complexity index is 66.1. The molecule has 53 valence electrons. The Hall–Kier alpha value is 0. The maximum absolute atomic E-state index is 2.36. The maximum Gasteiger partial charge on any atom is -0.0244 e. The van der Waals surface area contributed by atoms with E-state index in [1.165, 1.54) is 32.1 Å². The zero-order valence-electron chi connectivity index (χ0n) is 6.61. The molecule has 1 saturated carbocycles. The molecule has 1 unspecified atom stereocenters. The summed E-state index contributed by atoms with van der Waals surface area (Å²) in [5.74, 6) is 2.64. The quantitative estimate of drug-likeness (QED) is 0.436. The molecule has 0 heterocycles. The molecule has 1 aliphatic rings. The Kier molecular flexibility index (Phi) is 2.56. The average molecular weight is 125 g/mol. The number of hydrogen-bond donors (Lipinski definition) is 0. The topological polar surface area (TPSA) is 0 Å². The van der Waals surface area contributed by atoms with Crippen molar-refractivity contribution in [1.29, 1.82) is 0 Å². The molecule has 0 aromatic carbocycles. The van der Waals surface area contributed by atoms with Crippen molar-refractivity contribution >= 4 is 0 Å². The van der Waals surface area contributed by atoms with Gasteiger partial charge >= 0.3 is 0 Å². The predicted octanol–water partition coefficient (Wildman–Crippen LogP) is 3.18. The molecule has 0 bridgehead atoms. The highest BCUT2D eigenvalue weighted by atomic mass is 14.2. The molecule has 0 nitrogen and oxygen atoms in total. The van der Waals surface area contributed by atoms with Crippen molar-refractivity contribution in [1.82, 2.24) is 0 Å². The molecule has 1 radical (unpaired) electrons. The number of rotatable bonds is 0. The minimum absolute atomic E-state index is 0.910. The second-order valence-corrected chi connectivity index (χ2v) is 3.35. The van der Waals surface area contributed by atoms with Gasteiger partial charge in [-0.15, -0.1) is 0 Å². The largest absolute Gasteiger partial charge is 0.0620 e. The standard InChI is InChI=1S/C9H17/c1-8-6-4-3-5-7-9(8)2/h8H,3-7H2,1-2H3. The van der Waals surface area contributed by atoms with Crippen LogP contribution in [0, 0.1) is 11.8 Å². The van der Waals surface area contributed by atoms with Crippen LogP contribution in [-0.2, 0) is 0 Å². The van der Waals surface area contributed by atoms with Crippen LogP contribution in [0.4, 0.5) is 0 Å². The van der Waals surface area contributed by atoms with Crippen molar-refractivity contribution in [2.45, 2.75) is 46.0 Å². The van der Waals surface area contributed by atoms with Crippen LogP contribution in [0.5, 0.6) is 0 Å². The summed E-state index contributed by atoms with van der Waals surface area (Å²) in [5.41, 5.74) is 0. The summed E-state index contributed by atoms with van der Waals surface area (Å²) in [4.78, 5) is 0. The van der Waals surface area contributed by atoms with Gasteiger partial charge in [-0.3, -0.25) is 0 Å². The first-order chi connectivity index (χ1) is 4.30. The van der Waals surface area contributed by atoms with Crippen LogP contribution in [0.25, 0.3) is 0 Å². The first kappa shape index (κ1) is 7.11. The summed E-state index contributed by atoms with van der Waals surface area (Å²) in [5, 5.41) is 0. The molecule has 0 aromatic rings. The van der Waals surface area contributed by atoms with Gasteiger partial charge < -0.3 is 0 Å². The molecule has 0 amide bonds. The fourth-order valence-corrected chi connectivity index (χ4v) is 1.52. The van der Waals surface area contributed by atoms with E-state index in [4.69, 9.17) is 0 Å². The molecule has 0 N–H and O–H groups in total. The third kappa shape index (κ3) is 2.00. The lowest BCUT2D eigenvalue weighted by atomic mass is 9.92. The maximum atomic E-state index is 2.36. The Labute approximate surface area is 58.7 Å². The molecule has 1 rings (SSSR count). The van der Waals surface area contributed by atoms with Gasteiger partial charge in [0.2, 0.25) is 0 Å². The van der Waals surface area contributed by atoms with Gasteiger partial charge in [-0.05, 0) is 18.3 Å². The van der Waals surface area contributed by atoms with E-state index in [1.807, 2.05) is 0 Å². The number of hydrogen-bond acceptors (Lipinski definition) is 0. The van der Waals surface area contributed by atoms with E-state index in [0.29, 0.717) is 0 Å². The fraction of sp³-hybridized carbons (Fsp3) is 0.889. The van der Waals surface area contributed by atoms with Crippen molar-refractivity contribution in [3.05, 3.63) is 5.92 Å². The van der Waals surface area contributed by atoms with Gasteiger partial charge in [-0.2, -0.15) is 0 Å². The Morgan fingerprint density at radius 2 is 2.00 bits per heavy atom. The normalized spacial score (nSPS) is 32.0. The second kappa shape index (κ2) is 3.24. The van der Waals surface area contributed by atoms with Crippen molar-refractivity contribution in [2.75, 3.05) is 0 Å². The molecular formula is C9H17. The molecule has 1 atom stereocenters. The highest BCUT2D eigenvalue weighted by Crippen LogP contribution is 2.28. The van der Waals surface area contributed by atoms with Crippen LogP contribution in [0.3, 0.4) is 0 Å². The van der Waals surface area contributed by atoms with Crippen LogP contribution in [-0.4, -0.2) is 0 Å². The highest BCUT2D eigenvalue weighted by molar-refractivity contribution is 4.90. The second-order valence-electron chi connectivity index (χ2n) is 3.35. The Morgan fingerprint density at radius 1 is 1.22 bits per heavy atom. The molecule has 0 saturated heterocycles. The minimum atomic E-state index is 0.910. The molecular weight excluding hydrogens is 108 g/mol. The van der Waals surface area contributed by atoms with Crippen LogP contribution in [0.15, 0.2) is 0 Å². The van der Waals surface area contributed by atoms with Gasteiger partial charge in [-0.25, -0.2) is 0 Å². The lowest BCUT2D eigenvalue weighted by Crippen LogP contribution is -2.01. The molecule has 9 heavy (non-hydrogen) atoms. The molecule has 1 fully saturated rings. The van der Waals surface area contributed by atoms with Gasteiger partial charge in [0.25, 0.3) is 0 Å². The van der Waals surface area contributed by atoms with Gasteiger partial charge in [-0.1, -0.05) is 39.5 Å². The van der Waals surface area contributed by atoms with E-state index in [1.54, 1.807) is 5.92 Å². The first-order valence-corrected chi connectivity index (χ1v) is 4.13. The lowest BCUT2D eigenvalue weighted by Gasteiger charge is -2.13. The minimum Gasteiger partial charge on any atom is -0.0620 e. The Morgan fingerprint density at radius 3 is 2.78 bits per heavy atom. The van der Waals surface area contributed by atoms with Crippen molar-refractivity contribution in [2.24, 2.45) is 5.92 Å². The summed E-state index contributed by atoms with van der Waals surface area (Å²) in [6.45, 7) is 4.68. The summed E-state index contributed by atoms with van der Waals surface area (Å²) >= 11 is 0. The van der Waals surface area contributed by atoms with Gasteiger partial charge in [0.05, 0.1) is 0 Å². The SMILES string of the molecule is C[C]1CCCCCC1C. The monoisotopic (exact) mass is 125 g/mol. The predicted molar refractivity (Wildman–Crippen MR) is 41.2 cm³/mol. The van der Waals surface area contributed by atoms with Crippen LogP contribution in [0.2, 0.25) is 0 Å². The molecule has 0 spiro atoms. The van der Waals surface area contributed by atoms with Gasteiger partial charge in [0.15, 0.2) is 0 Å². The van der Waals surface area contributed by atoms with E-state index >= 15 is 0 Å². The van der Waals surface area contributed by atoms with Gasteiger partial charge in [0, 0.05) is 0 Å². The van der Waals surface area contributed by atoms with E-state index in [0.717, 1.165) is 5.92 Å². The highest BCUT2D eigenvalue weighted by Gasteiger charge is 2.14. The van der Waals surface area contributed by atoms with Crippen molar-refractivity contribution in [3.63, 3.8) is 0 Å². The zero-order chi connectivity index (χ0) is 6.69. The summed E-state index contributed by atoms with van der Waals surface area (Å²) in [6, 6.07) is 0. The van der Waals surface area contributed by atoms with Crippen molar-refractivity contribution < 1.29 is 0 Å². The average Bonchev–Trinajstić information content (AvgIpc) is 1.99. The van der Waals surface area contributed by atoms with E-state index in [2.05, 4.69) is 13.8 Å². The fourth-order valence-electron chi connectivity index (χ4n) is 1.52. The Balaban J connectivity index is 2.32. The van der Waals surface area contributed by atoms with E-state index < -0.39 is 0 Å². The molecule has 0 heteroatoms. The van der Waals surface area contributed by atoms with E-state index in [-0.39, 0.29) is 0 Å². The molecule has 0 aliphatic heterocycles.